The zero-order chi connectivity index (χ0) is 14.7. The molecule has 1 saturated heterocycles. The second-order valence-electron chi connectivity index (χ2n) is 5.66. The molecule has 1 aliphatic rings. The fourth-order valence-electron chi connectivity index (χ4n) is 2.74. The van der Waals surface area contributed by atoms with Gasteiger partial charge < -0.3 is 10.0 Å². The first kappa shape index (κ1) is 14.5. The normalized spacial score (nSPS) is 18.6. The first-order valence-corrected chi connectivity index (χ1v) is 6.99. The minimum Gasteiger partial charge on any atom is -0.477 e. The number of carboxylic acids is 1. The molecule has 0 radical (unpaired) electrons. The molecule has 5 nitrogen and oxygen atoms in total. The molecule has 1 amide bonds. The number of likely N-dealkylation sites (tertiary alicyclic amines) is 1. The highest BCUT2D eigenvalue weighted by Crippen LogP contribution is 2.25. The van der Waals surface area contributed by atoms with E-state index in [4.69, 9.17) is 5.11 Å². The van der Waals surface area contributed by atoms with E-state index in [1.54, 1.807) is 6.07 Å². The molecule has 1 atom stereocenters. The van der Waals surface area contributed by atoms with Crippen molar-refractivity contribution in [3.63, 3.8) is 0 Å². The van der Waals surface area contributed by atoms with Gasteiger partial charge in [-0.25, -0.2) is 9.78 Å². The monoisotopic (exact) mass is 276 g/mol. The van der Waals surface area contributed by atoms with E-state index < -0.39 is 5.97 Å². The van der Waals surface area contributed by atoms with Gasteiger partial charge in [-0.2, -0.15) is 0 Å². The van der Waals surface area contributed by atoms with Crippen LogP contribution < -0.4 is 0 Å². The van der Waals surface area contributed by atoms with Crippen molar-refractivity contribution in [2.75, 3.05) is 6.54 Å². The number of aromatic nitrogens is 1. The predicted octanol–water partition coefficient (Wildman–Crippen LogP) is 2.43. The maximum Gasteiger partial charge on any atom is 0.354 e. The van der Waals surface area contributed by atoms with Gasteiger partial charge in [-0.15, -0.1) is 0 Å². The number of aromatic carboxylic acids is 1. The van der Waals surface area contributed by atoms with E-state index >= 15 is 0 Å². The molecule has 108 valence electrons. The van der Waals surface area contributed by atoms with Gasteiger partial charge in [-0.1, -0.05) is 13.8 Å². The average molecular weight is 276 g/mol. The average Bonchev–Trinajstić information content (AvgIpc) is 2.85. The van der Waals surface area contributed by atoms with Gasteiger partial charge in [0.25, 0.3) is 5.91 Å². The summed E-state index contributed by atoms with van der Waals surface area (Å²) < 4.78 is 0. The Morgan fingerprint density at radius 3 is 2.90 bits per heavy atom. The molecule has 0 bridgehead atoms. The van der Waals surface area contributed by atoms with Crippen LogP contribution in [0.4, 0.5) is 0 Å². The van der Waals surface area contributed by atoms with E-state index in [2.05, 4.69) is 18.8 Å². The molecule has 1 N–H and O–H groups in total. The zero-order valence-electron chi connectivity index (χ0n) is 11.9. The van der Waals surface area contributed by atoms with Crippen LogP contribution >= 0.6 is 0 Å². The number of hydrogen-bond acceptors (Lipinski definition) is 3. The lowest BCUT2D eigenvalue weighted by molar-refractivity contribution is 0.0690. The fourth-order valence-corrected chi connectivity index (χ4v) is 2.74. The maximum atomic E-state index is 12.5. The van der Waals surface area contributed by atoms with Crippen LogP contribution in [-0.2, 0) is 0 Å². The van der Waals surface area contributed by atoms with Crippen LogP contribution in [0.3, 0.4) is 0 Å². The Kier molecular flexibility index (Phi) is 4.37. The quantitative estimate of drug-likeness (QED) is 0.917. The van der Waals surface area contributed by atoms with Crippen LogP contribution in [0.5, 0.6) is 0 Å². The van der Waals surface area contributed by atoms with Crippen molar-refractivity contribution in [1.29, 1.82) is 0 Å². The van der Waals surface area contributed by atoms with Crippen LogP contribution in [-0.4, -0.2) is 39.5 Å². The Bertz CT molecular complexity index is 514. The summed E-state index contributed by atoms with van der Waals surface area (Å²) in [5.74, 6) is -0.654. The van der Waals surface area contributed by atoms with Crippen molar-refractivity contribution >= 4 is 11.9 Å². The molecule has 0 aromatic carbocycles. The van der Waals surface area contributed by atoms with Gasteiger partial charge in [-0.3, -0.25) is 4.79 Å². The van der Waals surface area contributed by atoms with Gasteiger partial charge in [0, 0.05) is 24.3 Å². The summed E-state index contributed by atoms with van der Waals surface area (Å²) in [6.45, 7) is 5.05. The predicted molar refractivity (Wildman–Crippen MR) is 74.7 cm³/mol. The Morgan fingerprint density at radius 1 is 1.50 bits per heavy atom. The summed E-state index contributed by atoms with van der Waals surface area (Å²) in [6, 6.07) is 3.21. The van der Waals surface area contributed by atoms with Crippen molar-refractivity contribution in [3.05, 3.63) is 29.6 Å². The summed E-state index contributed by atoms with van der Waals surface area (Å²) in [5.41, 5.74) is 0.323. The molecule has 0 aliphatic carbocycles. The SMILES string of the molecule is CC(C)C[C@H]1CCCN1C(=O)c1ccnc(C(=O)O)c1. The third-order valence-electron chi connectivity index (χ3n) is 3.61. The highest BCUT2D eigenvalue weighted by Gasteiger charge is 2.30. The largest absolute Gasteiger partial charge is 0.477 e. The minimum atomic E-state index is -1.11. The number of carbonyl (C=O) groups excluding carboxylic acids is 1. The Balaban J connectivity index is 2.18. The van der Waals surface area contributed by atoms with Crippen molar-refractivity contribution < 1.29 is 14.7 Å². The Hall–Kier alpha value is -1.91. The smallest absolute Gasteiger partial charge is 0.354 e. The molecule has 2 heterocycles. The number of hydrogen-bond donors (Lipinski definition) is 1. The van der Waals surface area contributed by atoms with Crippen LogP contribution in [0, 0.1) is 5.92 Å². The van der Waals surface area contributed by atoms with E-state index in [0.717, 1.165) is 25.8 Å². The lowest BCUT2D eigenvalue weighted by Crippen LogP contribution is -2.36. The molecule has 2 rings (SSSR count). The Morgan fingerprint density at radius 2 is 2.25 bits per heavy atom. The minimum absolute atomic E-state index is 0.0851. The highest BCUT2D eigenvalue weighted by atomic mass is 16.4. The van der Waals surface area contributed by atoms with Gasteiger partial charge in [0.1, 0.15) is 5.69 Å². The second kappa shape index (κ2) is 6.03. The summed E-state index contributed by atoms with van der Waals surface area (Å²) in [7, 11) is 0. The third-order valence-corrected chi connectivity index (χ3v) is 3.61. The van der Waals surface area contributed by atoms with Gasteiger partial charge in [0.2, 0.25) is 0 Å². The molecule has 20 heavy (non-hydrogen) atoms. The van der Waals surface area contributed by atoms with E-state index in [0.29, 0.717) is 11.5 Å². The third kappa shape index (κ3) is 3.15. The summed E-state index contributed by atoms with van der Waals surface area (Å²) in [5, 5.41) is 8.94. The molecular formula is C15H20N2O3. The summed E-state index contributed by atoms with van der Waals surface area (Å²) >= 11 is 0. The first-order valence-electron chi connectivity index (χ1n) is 6.99. The zero-order valence-corrected chi connectivity index (χ0v) is 11.9. The molecule has 1 aliphatic heterocycles. The summed E-state index contributed by atoms with van der Waals surface area (Å²) in [4.78, 5) is 29.1. The molecule has 1 aromatic heterocycles. The lowest BCUT2D eigenvalue weighted by Gasteiger charge is -2.26. The van der Waals surface area contributed by atoms with E-state index in [-0.39, 0.29) is 17.6 Å². The molecule has 0 saturated carbocycles. The number of nitrogens with zero attached hydrogens (tertiary/aromatic N) is 2. The van der Waals surface area contributed by atoms with Gasteiger partial charge in [0.15, 0.2) is 0 Å². The summed E-state index contributed by atoms with van der Waals surface area (Å²) in [6.07, 6.45) is 4.41. The molecular weight excluding hydrogens is 256 g/mol. The number of rotatable bonds is 4. The number of carbonyl (C=O) groups is 2. The van der Waals surface area contributed by atoms with Gasteiger partial charge in [-0.05, 0) is 37.3 Å². The van der Waals surface area contributed by atoms with Crippen LogP contribution in [0.25, 0.3) is 0 Å². The first-order chi connectivity index (χ1) is 9.49. The standard InChI is InChI=1S/C15H20N2O3/c1-10(2)8-12-4-3-7-17(12)14(18)11-5-6-16-13(9-11)15(19)20/h5-6,9-10,12H,3-4,7-8H2,1-2H3,(H,19,20)/t12-/m1/s1. The van der Waals surface area contributed by atoms with Gasteiger partial charge in [0.05, 0.1) is 0 Å². The lowest BCUT2D eigenvalue weighted by atomic mass is 10.0. The molecule has 5 heteroatoms. The van der Waals surface area contributed by atoms with Crippen molar-refractivity contribution in [1.82, 2.24) is 9.88 Å². The number of carboxylic acid groups (broad SMARTS) is 1. The molecule has 1 aromatic rings. The second-order valence-corrected chi connectivity index (χ2v) is 5.66. The number of amides is 1. The van der Waals surface area contributed by atoms with Crippen molar-refractivity contribution in [2.45, 2.75) is 39.2 Å². The van der Waals surface area contributed by atoms with Crippen LogP contribution in [0.2, 0.25) is 0 Å². The van der Waals surface area contributed by atoms with E-state index in [1.807, 2.05) is 4.90 Å². The van der Waals surface area contributed by atoms with E-state index in [9.17, 15) is 9.59 Å². The van der Waals surface area contributed by atoms with Crippen molar-refractivity contribution in [3.8, 4) is 0 Å². The Labute approximate surface area is 118 Å². The highest BCUT2D eigenvalue weighted by molar-refractivity contribution is 5.96. The van der Waals surface area contributed by atoms with Crippen molar-refractivity contribution in [2.24, 2.45) is 5.92 Å². The molecule has 0 spiro atoms. The van der Waals surface area contributed by atoms with Crippen LogP contribution in [0.15, 0.2) is 18.3 Å². The molecule has 0 unspecified atom stereocenters. The number of pyridine rings is 1. The topological polar surface area (TPSA) is 70.5 Å². The van der Waals surface area contributed by atoms with E-state index in [1.165, 1.54) is 12.3 Å². The maximum absolute atomic E-state index is 12.5. The van der Waals surface area contributed by atoms with Crippen LogP contribution in [0.1, 0.15) is 54.0 Å². The molecule has 1 fully saturated rings. The van der Waals surface area contributed by atoms with Gasteiger partial charge >= 0.3 is 5.97 Å². The fraction of sp³-hybridized carbons (Fsp3) is 0.533.